The SMILES string of the molecule is NC1C=CN([C@H]2CC[C@@H](COP(O)(O)=S)O2)C(=O)N1. The Morgan fingerprint density at radius 3 is 3.00 bits per heavy atom. The van der Waals surface area contributed by atoms with E-state index in [2.05, 4.69) is 17.1 Å². The maximum atomic E-state index is 11.7. The Labute approximate surface area is 115 Å². The van der Waals surface area contributed by atoms with Crippen LogP contribution in [0.1, 0.15) is 12.8 Å². The van der Waals surface area contributed by atoms with E-state index in [1.165, 1.54) is 4.90 Å². The summed E-state index contributed by atoms with van der Waals surface area (Å²) < 4.78 is 10.3. The molecule has 108 valence electrons. The lowest BCUT2D eigenvalue weighted by Gasteiger charge is -2.30. The predicted octanol–water partition coefficient (Wildman–Crippen LogP) is -0.459. The van der Waals surface area contributed by atoms with Crippen LogP contribution < -0.4 is 11.1 Å². The number of urea groups is 1. The van der Waals surface area contributed by atoms with Crippen LogP contribution in [-0.2, 0) is 21.1 Å². The summed E-state index contributed by atoms with van der Waals surface area (Å²) in [6.45, 7) is -3.66. The van der Waals surface area contributed by atoms with E-state index in [-0.39, 0.29) is 18.7 Å². The fourth-order valence-corrected chi connectivity index (χ4v) is 2.48. The highest BCUT2D eigenvalue weighted by Crippen LogP contribution is 2.37. The molecule has 3 atom stereocenters. The normalized spacial score (nSPS) is 31.6. The van der Waals surface area contributed by atoms with Crippen molar-refractivity contribution in [2.24, 2.45) is 5.73 Å². The topological polar surface area (TPSA) is 117 Å². The fraction of sp³-hybridized carbons (Fsp3) is 0.667. The van der Waals surface area contributed by atoms with Crippen LogP contribution in [0.2, 0.25) is 0 Å². The molecule has 0 spiro atoms. The molecule has 2 heterocycles. The van der Waals surface area contributed by atoms with Crippen LogP contribution in [0.5, 0.6) is 0 Å². The van der Waals surface area contributed by atoms with E-state index < -0.39 is 19.1 Å². The maximum absolute atomic E-state index is 11.7. The van der Waals surface area contributed by atoms with Crippen molar-refractivity contribution in [2.45, 2.75) is 31.3 Å². The lowest BCUT2D eigenvalue weighted by Crippen LogP contribution is -2.52. The zero-order chi connectivity index (χ0) is 14.0. The van der Waals surface area contributed by atoms with Gasteiger partial charge in [-0.25, -0.2) is 4.79 Å². The molecule has 2 aliphatic rings. The van der Waals surface area contributed by atoms with Gasteiger partial charge >= 0.3 is 12.7 Å². The lowest BCUT2D eigenvalue weighted by molar-refractivity contribution is -0.0348. The number of carbonyl (C=O) groups is 1. The number of amides is 2. The third-order valence-corrected chi connectivity index (χ3v) is 3.60. The molecule has 2 aliphatic heterocycles. The van der Waals surface area contributed by atoms with Crippen molar-refractivity contribution < 1.29 is 23.8 Å². The van der Waals surface area contributed by atoms with Gasteiger partial charge in [-0.2, -0.15) is 0 Å². The highest BCUT2D eigenvalue weighted by Gasteiger charge is 2.34. The molecule has 0 aromatic carbocycles. The summed E-state index contributed by atoms with van der Waals surface area (Å²) in [4.78, 5) is 31.0. The Balaban J connectivity index is 1.86. The average Bonchev–Trinajstić information content (AvgIpc) is 2.74. The van der Waals surface area contributed by atoms with Gasteiger partial charge in [0.2, 0.25) is 0 Å². The lowest BCUT2D eigenvalue weighted by atomic mass is 10.2. The predicted molar refractivity (Wildman–Crippen MR) is 70.1 cm³/mol. The molecule has 5 N–H and O–H groups in total. The Hall–Kier alpha value is -0.540. The summed E-state index contributed by atoms with van der Waals surface area (Å²) >= 11 is 4.35. The first kappa shape index (κ1) is 14.9. The molecule has 0 aromatic heterocycles. The van der Waals surface area contributed by atoms with Crippen LogP contribution >= 0.6 is 6.72 Å². The van der Waals surface area contributed by atoms with Crippen molar-refractivity contribution in [1.29, 1.82) is 0 Å². The van der Waals surface area contributed by atoms with E-state index in [4.69, 9.17) is 24.8 Å². The summed E-state index contributed by atoms with van der Waals surface area (Å²) in [6, 6.07) is -0.323. The number of nitrogens with one attached hydrogen (secondary N) is 1. The standard InChI is InChI=1S/C9H16N3O5PS/c10-7-3-4-12(9(13)11-7)8-2-1-6(17-8)5-16-18(14,15)19/h3-4,6-8H,1-2,5,10H2,(H,11,13)(H2,14,15,19)/t6-,7?,8+/m0/s1. The number of ether oxygens (including phenoxy) is 1. The highest BCUT2D eigenvalue weighted by atomic mass is 32.5. The number of carbonyl (C=O) groups excluding carboxylic acids is 1. The van der Waals surface area contributed by atoms with Crippen LogP contribution in [0.4, 0.5) is 4.79 Å². The summed E-state index contributed by atoms with van der Waals surface area (Å²) in [6.07, 6.45) is 3.29. The first-order valence-electron chi connectivity index (χ1n) is 5.73. The minimum atomic E-state index is -3.66. The van der Waals surface area contributed by atoms with Crippen molar-refractivity contribution in [3.63, 3.8) is 0 Å². The van der Waals surface area contributed by atoms with Gasteiger partial charge in [0, 0.05) is 6.20 Å². The Morgan fingerprint density at radius 2 is 2.37 bits per heavy atom. The number of nitrogens with zero attached hydrogens (tertiary/aromatic N) is 1. The quantitative estimate of drug-likeness (QED) is 0.519. The summed E-state index contributed by atoms with van der Waals surface area (Å²) in [7, 11) is 0. The van der Waals surface area contributed by atoms with Gasteiger partial charge in [-0.05, 0) is 30.7 Å². The maximum Gasteiger partial charge on any atom is 0.325 e. The second-order valence-corrected chi connectivity index (χ2v) is 6.97. The van der Waals surface area contributed by atoms with E-state index in [0.29, 0.717) is 12.8 Å². The zero-order valence-electron chi connectivity index (χ0n) is 10.0. The van der Waals surface area contributed by atoms with Gasteiger partial charge in [0.25, 0.3) is 0 Å². The molecule has 0 radical (unpaired) electrons. The van der Waals surface area contributed by atoms with E-state index in [1.54, 1.807) is 12.3 Å². The van der Waals surface area contributed by atoms with Crippen LogP contribution in [0.3, 0.4) is 0 Å². The fourth-order valence-electron chi connectivity index (χ4n) is 1.94. The van der Waals surface area contributed by atoms with Crippen molar-refractivity contribution in [3.8, 4) is 0 Å². The second-order valence-electron chi connectivity index (χ2n) is 4.30. The van der Waals surface area contributed by atoms with Crippen molar-refractivity contribution in [2.75, 3.05) is 6.61 Å². The number of rotatable bonds is 4. The molecule has 1 unspecified atom stereocenters. The van der Waals surface area contributed by atoms with Gasteiger partial charge in [-0.3, -0.25) is 4.90 Å². The molecule has 0 saturated carbocycles. The van der Waals surface area contributed by atoms with Gasteiger partial charge in [-0.15, -0.1) is 0 Å². The Kier molecular flexibility index (Phi) is 4.57. The van der Waals surface area contributed by atoms with Crippen LogP contribution in [-0.4, -0.2) is 45.8 Å². The molecule has 0 bridgehead atoms. The second kappa shape index (κ2) is 5.84. The van der Waals surface area contributed by atoms with Gasteiger partial charge in [0.1, 0.15) is 6.23 Å². The van der Waals surface area contributed by atoms with E-state index in [0.717, 1.165) is 0 Å². The molecule has 1 saturated heterocycles. The molecule has 19 heavy (non-hydrogen) atoms. The Bertz CT molecular complexity index is 428. The number of hydrogen-bond acceptors (Lipinski definition) is 5. The summed E-state index contributed by atoms with van der Waals surface area (Å²) in [5.74, 6) is 0. The molecule has 0 aromatic rings. The largest absolute Gasteiger partial charge is 0.352 e. The molecular formula is C9H16N3O5PS. The van der Waals surface area contributed by atoms with Crippen molar-refractivity contribution in [3.05, 3.63) is 12.3 Å². The molecule has 2 rings (SSSR count). The van der Waals surface area contributed by atoms with Gasteiger partial charge in [0.15, 0.2) is 0 Å². The Morgan fingerprint density at radius 1 is 1.63 bits per heavy atom. The van der Waals surface area contributed by atoms with E-state index in [1.807, 2.05) is 0 Å². The molecule has 0 aliphatic carbocycles. The monoisotopic (exact) mass is 309 g/mol. The molecule has 1 fully saturated rings. The molecule has 8 nitrogen and oxygen atoms in total. The summed E-state index contributed by atoms with van der Waals surface area (Å²) in [5, 5.41) is 2.55. The van der Waals surface area contributed by atoms with Gasteiger partial charge < -0.3 is 30.1 Å². The van der Waals surface area contributed by atoms with E-state index in [9.17, 15) is 4.79 Å². The molecular weight excluding hydrogens is 293 g/mol. The smallest absolute Gasteiger partial charge is 0.325 e. The molecule has 2 amide bonds. The first-order valence-corrected chi connectivity index (χ1v) is 8.36. The number of hydrogen-bond donors (Lipinski definition) is 4. The highest BCUT2D eigenvalue weighted by molar-refractivity contribution is 8.06. The zero-order valence-corrected chi connectivity index (χ0v) is 11.7. The van der Waals surface area contributed by atoms with Crippen molar-refractivity contribution in [1.82, 2.24) is 10.2 Å². The summed E-state index contributed by atoms with van der Waals surface area (Å²) in [5.41, 5.74) is 5.54. The minimum absolute atomic E-state index is 0.000531. The van der Waals surface area contributed by atoms with Crippen LogP contribution in [0, 0.1) is 0 Å². The third-order valence-electron chi connectivity index (χ3n) is 2.80. The third kappa shape index (κ3) is 4.22. The van der Waals surface area contributed by atoms with Crippen molar-refractivity contribution >= 4 is 24.6 Å². The first-order chi connectivity index (χ1) is 8.85. The van der Waals surface area contributed by atoms with Gasteiger partial charge in [0.05, 0.1) is 18.9 Å². The van der Waals surface area contributed by atoms with Gasteiger partial charge in [-0.1, -0.05) is 0 Å². The van der Waals surface area contributed by atoms with E-state index >= 15 is 0 Å². The molecule has 10 heteroatoms. The van der Waals surface area contributed by atoms with Crippen LogP contribution in [0.25, 0.3) is 0 Å². The minimum Gasteiger partial charge on any atom is -0.352 e. The number of nitrogens with two attached hydrogens (primary N) is 1. The van der Waals surface area contributed by atoms with Crippen LogP contribution in [0.15, 0.2) is 12.3 Å². The average molecular weight is 309 g/mol.